The molecule has 1 radical (unpaired) electrons. The number of carbonyl (C=O) groups is 1. The van der Waals surface area contributed by atoms with Gasteiger partial charge in [0.15, 0.2) is 5.78 Å². The smallest absolute Gasteiger partial charge is 0.162 e. The Hall–Kier alpha value is -3.11. The number of hydrogen-bond acceptors (Lipinski definition) is 4. The number of nitrogens with zero attached hydrogens (tertiary/aromatic N) is 1. The summed E-state index contributed by atoms with van der Waals surface area (Å²) in [7, 11) is 0. The summed E-state index contributed by atoms with van der Waals surface area (Å²) in [5.74, 6) is 0.547. The van der Waals surface area contributed by atoms with Crippen LogP contribution in [-0.4, -0.2) is 15.9 Å². The predicted octanol–water partition coefficient (Wildman–Crippen LogP) is 11.8. The average molecular weight is 823 g/mol. The molecule has 0 spiro atoms. The second-order valence-corrected chi connectivity index (χ2v) is 14.6. The topological polar surface area (TPSA) is 50.2 Å². The Bertz CT molecular complexity index is 1870. The zero-order valence-electron chi connectivity index (χ0n) is 28.9. The van der Waals surface area contributed by atoms with Gasteiger partial charge in [-0.1, -0.05) is 102 Å². The monoisotopic (exact) mass is 823 g/mol. The third-order valence-corrected chi connectivity index (χ3v) is 10.7. The van der Waals surface area contributed by atoms with E-state index in [0.29, 0.717) is 0 Å². The molecule has 5 aromatic rings. The van der Waals surface area contributed by atoms with Crippen LogP contribution in [0.1, 0.15) is 90.2 Å². The van der Waals surface area contributed by atoms with Crippen LogP contribution in [0.15, 0.2) is 78.7 Å². The van der Waals surface area contributed by atoms with Gasteiger partial charge in [-0.05, 0) is 72.1 Å². The van der Waals surface area contributed by atoms with E-state index in [-0.39, 0.29) is 48.9 Å². The Balaban J connectivity index is 0.000000269. The number of carbonyl (C=O) groups excluding carboxylic acids is 1. The summed E-state index contributed by atoms with van der Waals surface area (Å²) < 4.78 is 1.32. The number of thiophene rings is 1. The van der Waals surface area contributed by atoms with Crippen molar-refractivity contribution in [3.8, 4) is 22.4 Å². The number of rotatable bonds is 8. The van der Waals surface area contributed by atoms with E-state index in [2.05, 4.69) is 87.5 Å². The molecule has 5 heteroatoms. The van der Waals surface area contributed by atoms with E-state index < -0.39 is 0 Å². The molecule has 2 heterocycles. The minimum absolute atomic E-state index is 0. The Morgan fingerprint density at radius 3 is 2.28 bits per heavy atom. The molecule has 249 valence electrons. The van der Waals surface area contributed by atoms with Gasteiger partial charge in [0.2, 0.25) is 0 Å². The molecule has 1 aliphatic rings. The first-order valence-corrected chi connectivity index (χ1v) is 17.8. The summed E-state index contributed by atoms with van der Waals surface area (Å²) in [5, 5.41) is 13.5. The van der Waals surface area contributed by atoms with Gasteiger partial charge in [0.1, 0.15) is 0 Å². The summed E-state index contributed by atoms with van der Waals surface area (Å²) in [6.07, 6.45) is 9.10. The van der Waals surface area contributed by atoms with Crippen LogP contribution < -0.4 is 0 Å². The molecule has 0 amide bonds. The van der Waals surface area contributed by atoms with Gasteiger partial charge in [0.05, 0.1) is 5.76 Å². The van der Waals surface area contributed by atoms with Crippen LogP contribution in [0, 0.1) is 17.9 Å². The van der Waals surface area contributed by atoms with Crippen LogP contribution in [0.4, 0.5) is 0 Å². The summed E-state index contributed by atoms with van der Waals surface area (Å²) >= 11 is 1.93. The molecule has 0 aliphatic heterocycles. The first-order chi connectivity index (χ1) is 22.1. The number of benzene rings is 3. The predicted molar refractivity (Wildman–Crippen MR) is 197 cm³/mol. The molecule has 2 aromatic heterocycles. The molecule has 0 fully saturated rings. The fourth-order valence-electron chi connectivity index (χ4n) is 6.75. The number of aromatic nitrogens is 1. The Morgan fingerprint density at radius 2 is 1.60 bits per heavy atom. The Morgan fingerprint density at radius 1 is 0.936 bits per heavy atom. The van der Waals surface area contributed by atoms with Crippen LogP contribution in [0.5, 0.6) is 0 Å². The first kappa shape index (κ1) is 36.7. The number of aliphatic hydroxyl groups excluding tert-OH is 1. The standard InChI is InChI=1S/C29H24NS.C13H24O2.Ir/c1-29(2,3)23-17-20(16-19-9-5-6-10-21(19)23)28-27-25(14-15-30-28)31-24-13-12-18-8-4-7-11-22(18)26(24)27;1-5-10(6-2)12(14)9-13(15)11(7-3)8-4;/h4-11,14-15,17H,12-13H2,1-3H3;9-11,14H,5-8H2,1-4H3;/q-1;;/b;12-9-;. The third-order valence-electron chi connectivity index (χ3n) is 9.50. The number of pyridine rings is 1. The molecule has 3 aromatic carbocycles. The summed E-state index contributed by atoms with van der Waals surface area (Å²) in [6, 6.07) is 25.7. The van der Waals surface area contributed by atoms with E-state index in [1.807, 2.05) is 45.2 Å². The summed E-state index contributed by atoms with van der Waals surface area (Å²) in [5.41, 5.74) is 7.76. The van der Waals surface area contributed by atoms with Crippen molar-refractivity contribution in [2.24, 2.45) is 11.8 Å². The van der Waals surface area contributed by atoms with Gasteiger partial charge >= 0.3 is 0 Å². The van der Waals surface area contributed by atoms with Crippen molar-refractivity contribution < 1.29 is 30.0 Å². The fraction of sp³-hybridized carbons (Fsp3) is 0.381. The van der Waals surface area contributed by atoms with E-state index in [1.165, 1.54) is 48.7 Å². The van der Waals surface area contributed by atoms with Crippen molar-refractivity contribution >= 4 is 38.0 Å². The van der Waals surface area contributed by atoms with Crippen LogP contribution >= 0.6 is 11.3 Å². The number of hydrogen-bond donors (Lipinski definition) is 1. The third kappa shape index (κ3) is 7.80. The van der Waals surface area contributed by atoms with E-state index >= 15 is 0 Å². The van der Waals surface area contributed by atoms with Gasteiger partial charge in [-0.25, -0.2) is 0 Å². The minimum Gasteiger partial charge on any atom is -0.512 e. The second-order valence-electron chi connectivity index (χ2n) is 13.5. The van der Waals surface area contributed by atoms with Gasteiger partial charge in [-0.2, -0.15) is 0 Å². The number of fused-ring (bicyclic) bond motifs is 6. The maximum Gasteiger partial charge on any atom is 0.162 e. The second kappa shape index (κ2) is 15.9. The summed E-state index contributed by atoms with van der Waals surface area (Å²) in [6.45, 7) is 14.9. The molecule has 1 N–H and O–H groups in total. The molecular weight excluding hydrogens is 775 g/mol. The average Bonchev–Trinajstić information content (AvgIpc) is 3.45. The normalized spacial score (nSPS) is 12.8. The number of allylic oxidation sites excluding steroid dienone is 2. The van der Waals surface area contributed by atoms with Gasteiger partial charge in [-0.3, -0.25) is 9.78 Å². The SMILES string of the molecule is CC(C)(C)c1cc(-c2nccc3sc4c(c23)-c2ccccc2CC4)[c-]c2ccccc12.CCC(CC)C(=O)/C=C(\O)C(CC)CC.[Ir]. The molecule has 0 bridgehead atoms. The zero-order valence-corrected chi connectivity index (χ0v) is 32.1. The maximum atomic E-state index is 11.7. The van der Waals surface area contributed by atoms with Crippen LogP contribution in [0.3, 0.4) is 0 Å². The molecule has 1 aliphatic carbocycles. The van der Waals surface area contributed by atoms with Gasteiger partial charge in [0, 0.05) is 59.5 Å². The number of aryl methyl sites for hydroxylation is 2. The van der Waals surface area contributed by atoms with Gasteiger partial charge in [-0.15, -0.1) is 40.5 Å². The van der Waals surface area contributed by atoms with E-state index in [0.717, 1.165) is 55.2 Å². The molecule has 0 saturated carbocycles. The molecule has 3 nitrogen and oxygen atoms in total. The van der Waals surface area contributed by atoms with Crippen LogP contribution in [0.2, 0.25) is 0 Å². The van der Waals surface area contributed by atoms with E-state index in [4.69, 9.17) is 4.98 Å². The first-order valence-electron chi connectivity index (χ1n) is 17.0. The van der Waals surface area contributed by atoms with Crippen molar-refractivity contribution in [2.45, 2.75) is 92.4 Å². The van der Waals surface area contributed by atoms with Crippen molar-refractivity contribution in [1.82, 2.24) is 4.98 Å². The maximum absolute atomic E-state index is 11.7. The van der Waals surface area contributed by atoms with E-state index in [9.17, 15) is 9.90 Å². The van der Waals surface area contributed by atoms with Gasteiger partial charge < -0.3 is 5.11 Å². The summed E-state index contributed by atoms with van der Waals surface area (Å²) in [4.78, 5) is 18.1. The van der Waals surface area contributed by atoms with Gasteiger partial charge in [0.25, 0.3) is 0 Å². The fourth-order valence-corrected chi connectivity index (χ4v) is 7.96. The molecule has 0 saturated heterocycles. The zero-order chi connectivity index (χ0) is 33.0. The quantitative estimate of drug-likeness (QED) is 0.0963. The Kier molecular flexibility index (Phi) is 12.4. The van der Waals surface area contributed by atoms with E-state index in [1.54, 1.807) is 0 Å². The van der Waals surface area contributed by atoms with Crippen molar-refractivity contribution in [2.75, 3.05) is 0 Å². The molecule has 47 heavy (non-hydrogen) atoms. The molecule has 0 unspecified atom stereocenters. The Labute approximate surface area is 298 Å². The van der Waals surface area contributed by atoms with Crippen molar-refractivity contribution in [3.63, 3.8) is 0 Å². The number of ketones is 1. The van der Waals surface area contributed by atoms with Crippen molar-refractivity contribution in [3.05, 3.63) is 101 Å². The minimum atomic E-state index is 0. The van der Waals surface area contributed by atoms with Crippen LogP contribution in [-0.2, 0) is 43.2 Å². The number of aliphatic hydroxyl groups is 1. The largest absolute Gasteiger partial charge is 0.512 e. The molecule has 0 atom stereocenters. The van der Waals surface area contributed by atoms with Crippen LogP contribution in [0.25, 0.3) is 43.2 Å². The molecule has 6 rings (SSSR count). The van der Waals surface area contributed by atoms with Crippen molar-refractivity contribution in [1.29, 1.82) is 0 Å². The molecular formula is C42H48IrNO2S-.